The van der Waals surface area contributed by atoms with Gasteiger partial charge in [0.05, 0.1) is 7.11 Å². The summed E-state index contributed by atoms with van der Waals surface area (Å²) in [6.45, 7) is 3.87. The zero-order chi connectivity index (χ0) is 16.9. The number of unbranched alkanes of at least 4 members (excludes halogenated alkanes) is 2. The molecule has 0 bridgehead atoms. The molecule has 5 heteroatoms. The number of rotatable bonds is 8. The van der Waals surface area contributed by atoms with Crippen molar-refractivity contribution in [1.82, 2.24) is 4.98 Å². The van der Waals surface area contributed by atoms with Crippen LogP contribution in [0.15, 0.2) is 22.6 Å². The number of aromatic nitrogens is 1. The largest absolute Gasteiger partial charge is 0.468 e. The highest BCUT2D eigenvalue weighted by Gasteiger charge is 2.29. The summed E-state index contributed by atoms with van der Waals surface area (Å²) in [7, 11) is 1.36. The molecule has 0 fully saturated rings. The Morgan fingerprint density at radius 3 is 2.83 bits per heavy atom. The predicted octanol–water partition coefficient (Wildman–Crippen LogP) is 3.38. The molecular weight excluding hydrogens is 292 g/mol. The lowest BCUT2D eigenvalue weighted by molar-refractivity contribution is -0.146. The fourth-order valence-corrected chi connectivity index (χ4v) is 2.62. The lowest BCUT2D eigenvalue weighted by atomic mass is 9.94. The zero-order valence-corrected chi connectivity index (χ0v) is 14.2. The molecule has 1 aromatic heterocycles. The molecule has 0 saturated carbocycles. The highest BCUT2D eigenvalue weighted by molar-refractivity contribution is 5.80. The second kappa shape index (κ2) is 7.59. The van der Waals surface area contributed by atoms with Crippen LogP contribution in [0.4, 0.5) is 0 Å². The van der Waals surface area contributed by atoms with Crippen molar-refractivity contribution in [2.24, 2.45) is 5.73 Å². The van der Waals surface area contributed by atoms with E-state index in [0.717, 1.165) is 35.4 Å². The van der Waals surface area contributed by atoms with Crippen molar-refractivity contribution >= 4 is 17.1 Å². The van der Waals surface area contributed by atoms with Crippen LogP contribution in [0.25, 0.3) is 11.1 Å². The van der Waals surface area contributed by atoms with Gasteiger partial charge in [0.1, 0.15) is 11.1 Å². The highest BCUT2D eigenvalue weighted by Crippen LogP contribution is 2.23. The quantitative estimate of drug-likeness (QED) is 0.596. The Morgan fingerprint density at radius 1 is 1.35 bits per heavy atom. The van der Waals surface area contributed by atoms with Crippen molar-refractivity contribution in [3.05, 3.63) is 29.7 Å². The van der Waals surface area contributed by atoms with E-state index in [1.165, 1.54) is 20.0 Å². The summed E-state index contributed by atoms with van der Waals surface area (Å²) in [6.07, 6.45) is 5.45. The minimum absolute atomic E-state index is 0.398. The maximum Gasteiger partial charge on any atom is 0.325 e. The molecule has 0 amide bonds. The van der Waals surface area contributed by atoms with E-state index < -0.39 is 11.5 Å². The Kier molecular flexibility index (Phi) is 5.77. The highest BCUT2D eigenvalue weighted by atomic mass is 16.5. The standard InChI is InChI=1S/C18H26N2O3/c1-4-5-6-10-15-20-16-13(8-7-9-14(16)23-15)11-12-18(2,19)17(21)22-3/h7-9H,4-6,10-12,19H2,1-3H3/t18-/m1/s1. The first-order valence-corrected chi connectivity index (χ1v) is 8.22. The van der Waals surface area contributed by atoms with Crippen LogP contribution < -0.4 is 5.73 Å². The molecule has 0 aliphatic heterocycles. The third-order valence-electron chi connectivity index (χ3n) is 4.11. The van der Waals surface area contributed by atoms with E-state index in [9.17, 15) is 4.79 Å². The molecule has 23 heavy (non-hydrogen) atoms. The number of carbonyl (C=O) groups excluding carboxylic acids is 1. The van der Waals surface area contributed by atoms with Crippen molar-refractivity contribution < 1.29 is 13.9 Å². The van der Waals surface area contributed by atoms with E-state index >= 15 is 0 Å². The average molecular weight is 318 g/mol. The topological polar surface area (TPSA) is 78.3 Å². The number of oxazole rings is 1. The van der Waals surface area contributed by atoms with Crippen LogP contribution in [0, 0.1) is 0 Å². The van der Waals surface area contributed by atoms with Crippen LogP contribution >= 0.6 is 0 Å². The second-order valence-electron chi connectivity index (χ2n) is 6.24. The van der Waals surface area contributed by atoms with Gasteiger partial charge in [0.25, 0.3) is 0 Å². The van der Waals surface area contributed by atoms with Gasteiger partial charge in [-0.1, -0.05) is 31.9 Å². The molecular formula is C18H26N2O3. The van der Waals surface area contributed by atoms with E-state index in [1.54, 1.807) is 6.92 Å². The summed E-state index contributed by atoms with van der Waals surface area (Å²) in [5.41, 5.74) is 7.76. The lowest BCUT2D eigenvalue weighted by Gasteiger charge is -2.21. The summed E-state index contributed by atoms with van der Waals surface area (Å²) in [5, 5.41) is 0. The predicted molar refractivity (Wildman–Crippen MR) is 90.2 cm³/mol. The van der Waals surface area contributed by atoms with E-state index in [0.29, 0.717) is 12.8 Å². The van der Waals surface area contributed by atoms with Crippen LogP contribution in [-0.4, -0.2) is 23.6 Å². The van der Waals surface area contributed by atoms with Crippen molar-refractivity contribution in [1.29, 1.82) is 0 Å². The number of methoxy groups -OCH3 is 1. The van der Waals surface area contributed by atoms with Gasteiger partial charge in [-0.15, -0.1) is 0 Å². The van der Waals surface area contributed by atoms with Crippen molar-refractivity contribution in [3.63, 3.8) is 0 Å². The minimum Gasteiger partial charge on any atom is -0.468 e. The molecule has 0 radical (unpaired) electrons. The van der Waals surface area contributed by atoms with Crippen LogP contribution in [-0.2, 0) is 22.4 Å². The first-order valence-electron chi connectivity index (χ1n) is 8.22. The maximum absolute atomic E-state index is 11.7. The summed E-state index contributed by atoms with van der Waals surface area (Å²) in [4.78, 5) is 16.3. The Bertz CT molecular complexity index is 661. The van der Waals surface area contributed by atoms with Crippen LogP contribution in [0.5, 0.6) is 0 Å². The third-order valence-corrected chi connectivity index (χ3v) is 4.11. The van der Waals surface area contributed by atoms with Crippen molar-refractivity contribution in [3.8, 4) is 0 Å². The Hall–Kier alpha value is -1.88. The average Bonchev–Trinajstić information content (AvgIpc) is 2.95. The number of para-hydroxylation sites is 1. The molecule has 0 unspecified atom stereocenters. The molecule has 0 aliphatic rings. The van der Waals surface area contributed by atoms with Gasteiger partial charge in [-0.05, 0) is 37.8 Å². The fourth-order valence-electron chi connectivity index (χ4n) is 2.62. The van der Waals surface area contributed by atoms with Gasteiger partial charge in [0.2, 0.25) is 0 Å². The molecule has 2 rings (SSSR count). The van der Waals surface area contributed by atoms with Gasteiger partial charge in [0, 0.05) is 6.42 Å². The van der Waals surface area contributed by atoms with Gasteiger partial charge in [0.15, 0.2) is 11.5 Å². The smallest absolute Gasteiger partial charge is 0.325 e. The van der Waals surface area contributed by atoms with Crippen LogP contribution in [0.2, 0.25) is 0 Å². The van der Waals surface area contributed by atoms with Gasteiger partial charge >= 0.3 is 5.97 Å². The monoisotopic (exact) mass is 318 g/mol. The number of fused-ring (bicyclic) bond motifs is 1. The number of nitrogens with zero attached hydrogens (tertiary/aromatic N) is 1. The first-order chi connectivity index (χ1) is 11.0. The first kappa shape index (κ1) is 17.5. The molecule has 1 aromatic carbocycles. The number of aryl methyl sites for hydroxylation is 2. The molecule has 5 nitrogen and oxygen atoms in total. The zero-order valence-electron chi connectivity index (χ0n) is 14.2. The van der Waals surface area contributed by atoms with Gasteiger partial charge < -0.3 is 14.9 Å². The third kappa shape index (κ3) is 4.32. The number of nitrogens with two attached hydrogens (primary N) is 1. The van der Waals surface area contributed by atoms with Crippen LogP contribution in [0.1, 0.15) is 51.0 Å². The van der Waals surface area contributed by atoms with E-state index in [-0.39, 0.29) is 0 Å². The van der Waals surface area contributed by atoms with Gasteiger partial charge in [-0.2, -0.15) is 0 Å². The lowest BCUT2D eigenvalue weighted by Crippen LogP contribution is -2.46. The molecule has 1 atom stereocenters. The number of benzene rings is 1. The maximum atomic E-state index is 11.7. The minimum atomic E-state index is -0.995. The summed E-state index contributed by atoms with van der Waals surface area (Å²) in [5.74, 6) is 0.384. The number of esters is 1. The summed E-state index contributed by atoms with van der Waals surface area (Å²) >= 11 is 0. The SMILES string of the molecule is CCCCCc1nc2c(CC[C@@](C)(N)C(=O)OC)cccc2o1. The molecule has 1 heterocycles. The molecule has 126 valence electrons. The normalized spacial score (nSPS) is 13.9. The number of hydrogen-bond donors (Lipinski definition) is 1. The molecule has 0 spiro atoms. The molecule has 0 aliphatic carbocycles. The second-order valence-corrected chi connectivity index (χ2v) is 6.24. The van der Waals surface area contributed by atoms with E-state index in [2.05, 4.69) is 11.9 Å². The van der Waals surface area contributed by atoms with Crippen molar-refractivity contribution in [2.45, 2.75) is 57.9 Å². The van der Waals surface area contributed by atoms with Crippen molar-refractivity contribution in [2.75, 3.05) is 7.11 Å². The molecule has 2 aromatic rings. The Morgan fingerprint density at radius 2 is 2.13 bits per heavy atom. The van der Waals surface area contributed by atoms with Crippen LogP contribution in [0.3, 0.4) is 0 Å². The van der Waals surface area contributed by atoms with Gasteiger partial charge in [-0.3, -0.25) is 4.79 Å². The molecule has 2 N–H and O–H groups in total. The Labute approximate surface area is 137 Å². The number of hydrogen-bond acceptors (Lipinski definition) is 5. The van der Waals surface area contributed by atoms with E-state index in [1.807, 2.05) is 18.2 Å². The van der Waals surface area contributed by atoms with E-state index in [4.69, 9.17) is 14.9 Å². The fraction of sp³-hybridized carbons (Fsp3) is 0.556. The van der Waals surface area contributed by atoms with Gasteiger partial charge in [-0.25, -0.2) is 4.98 Å². The Balaban J connectivity index is 2.13. The number of ether oxygens (including phenoxy) is 1. The summed E-state index contributed by atoms with van der Waals surface area (Å²) < 4.78 is 10.6. The molecule has 0 saturated heterocycles. The number of carbonyl (C=O) groups is 1. The summed E-state index contributed by atoms with van der Waals surface area (Å²) in [6, 6.07) is 5.88.